The fourth-order valence-electron chi connectivity index (χ4n) is 1.34. The Labute approximate surface area is 98.3 Å². The number of benzene rings is 1. The highest BCUT2D eigenvalue weighted by molar-refractivity contribution is 7.05. The third-order valence-electron chi connectivity index (χ3n) is 2.16. The summed E-state index contributed by atoms with van der Waals surface area (Å²) in [4.78, 5) is 12.7. The molecule has 0 fully saturated rings. The minimum atomic E-state index is -0.117. The van der Waals surface area contributed by atoms with E-state index in [-0.39, 0.29) is 5.91 Å². The highest BCUT2D eigenvalue weighted by Gasteiger charge is 2.08. The van der Waals surface area contributed by atoms with Gasteiger partial charge in [-0.25, -0.2) is 0 Å². The Morgan fingerprint density at radius 1 is 1.38 bits per heavy atom. The third-order valence-corrected chi connectivity index (χ3v) is 2.85. The Morgan fingerprint density at radius 3 is 2.75 bits per heavy atom. The molecule has 1 amide bonds. The van der Waals surface area contributed by atoms with E-state index in [0.717, 1.165) is 10.4 Å². The van der Waals surface area contributed by atoms with E-state index in [4.69, 9.17) is 0 Å². The highest BCUT2D eigenvalue weighted by Crippen LogP contribution is 2.07. The van der Waals surface area contributed by atoms with Gasteiger partial charge in [-0.1, -0.05) is 30.3 Å². The van der Waals surface area contributed by atoms with Gasteiger partial charge in [0.2, 0.25) is 0 Å². The summed E-state index contributed by atoms with van der Waals surface area (Å²) < 4.78 is 4.06. The number of nitrogens with zero attached hydrogens (tertiary/aromatic N) is 1. The van der Waals surface area contributed by atoms with Gasteiger partial charge in [-0.15, -0.1) is 0 Å². The van der Waals surface area contributed by atoms with Crippen LogP contribution in [0.5, 0.6) is 0 Å². The normalized spacial score (nSPS) is 10.1. The van der Waals surface area contributed by atoms with Crippen LogP contribution >= 0.6 is 11.5 Å². The average molecular weight is 232 g/mol. The molecule has 1 aromatic carbocycles. The molecule has 0 aliphatic carbocycles. The Balaban J connectivity index is 1.94. The number of carbonyl (C=O) groups excluding carboxylic acids is 1. The molecule has 0 atom stereocenters. The van der Waals surface area contributed by atoms with Crippen LogP contribution in [0.3, 0.4) is 0 Å². The molecule has 0 bridgehead atoms. The first-order valence-corrected chi connectivity index (χ1v) is 5.78. The molecule has 0 saturated heterocycles. The van der Waals surface area contributed by atoms with Crippen LogP contribution in [0.4, 0.5) is 0 Å². The van der Waals surface area contributed by atoms with Gasteiger partial charge in [-0.2, -0.15) is 4.37 Å². The predicted octanol–water partition coefficient (Wildman–Crippen LogP) is 2.38. The van der Waals surface area contributed by atoms with Crippen LogP contribution in [0.1, 0.15) is 20.9 Å². The molecule has 0 saturated carbocycles. The lowest BCUT2D eigenvalue weighted by Gasteiger charge is -2.02. The van der Waals surface area contributed by atoms with Crippen molar-refractivity contribution in [2.24, 2.45) is 0 Å². The summed E-state index contributed by atoms with van der Waals surface area (Å²) >= 11 is 1.34. The van der Waals surface area contributed by atoms with Crippen molar-refractivity contribution >= 4 is 17.4 Å². The summed E-state index contributed by atoms with van der Waals surface area (Å²) in [5.41, 5.74) is 1.58. The SMILES string of the molecule is Cc1cc(C(=O)NCc2ccccc2)ns1. The molecule has 3 nitrogen and oxygen atoms in total. The molecule has 82 valence electrons. The average Bonchev–Trinajstić information content (AvgIpc) is 2.74. The van der Waals surface area contributed by atoms with E-state index in [2.05, 4.69) is 9.69 Å². The summed E-state index contributed by atoms with van der Waals surface area (Å²) in [5.74, 6) is -0.117. The second kappa shape index (κ2) is 4.90. The first kappa shape index (κ1) is 10.8. The summed E-state index contributed by atoms with van der Waals surface area (Å²) in [6.45, 7) is 2.47. The summed E-state index contributed by atoms with van der Waals surface area (Å²) in [6.07, 6.45) is 0. The van der Waals surface area contributed by atoms with Gasteiger partial charge < -0.3 is 5.32 Å². The van der Waals surface area contributed by atoms with Crippen molar-refractivity contribution in [2.45, 2.75) is 13.5 Å². The molecular formula is C12H12N2OS. The molecule has 0 aliphatic heterocycles. The molecule has 0 spiro atoms. The number of hydrogen-bond acceptors (Lipinski definition) is 3. The molecule has 2 aromatic rings. The van der Waals surface area contributed by atoms with Crippen LogP contribution < -0.4 is 5.32 Å². The van der Waals surface area contributed by atoms with E-state index < -0.39 is 0 Å². The Morgan fingerprint density at radius 2 is 2.12 bits per heavy atom. The van der Waals surface area contributed by atoms with Gasteiger partial charge in [0.1, 0.15) is 5.69 Å². The maximum Gasteiger partial charge on any atom is 0.271 e. The lowest BCUT2D eigenvalue weighted by atomic mass is 10.2. The zero-order valence-electron chi connectivity index (χ0n) is 8.93. The fraction of sp³-hybridized carbons (Fsp3) is 0.167. The lowest BCUT2D eigenvalue weighted by Crippen LogP contribution is -2.22. The van der Waals surface area contributed by atoms with Gasteiger partial charge in [0.05, 0.1) is 0 Å². The number of aromatic nitrogens is 1. The van der Waals surface area contributed by atoms with Crippen molar-refractivity contribution in [1.82, 2.24) is 9.69 Å². The van der Waals surface area contributed by atoms with Crippen LogP contribution in [0.25, 0.3) is 0 Å². The van der Waals surface area contributed by atoms with Gasteiger partial charge in [-0.3, -0.25) is 4.79 Å². The van der Waals surface area contributed by atoms with Crippen LogP contribution in [0.15, 0.2) is 36.4 Å². The second-order valence-corrected chi connectivity index (χ2v) is 4.50. The van der Waals surface area contributed by atoms with E-state index in [0.29, 0.717) is 12.2 Å². The monoisotopic (exact) mass is 232 g/mol. The van der Waals surface area contributed by atoms with Gasteiger partial charge in [-0.05, 0) is 30.1 Å². The number of rotatable bonds is 3. The number of nitrogens with one attached hydrogen (secondary N) is 1. The maximum absolute atomic E-state index is 11.7. The lowest BCUT2D eigenvalue weighted by molar-refractivity contribution is 0.0947. The molecule has 2 rings (SSSR count). The summed E-state index contributed by atoms with van der Waals surface area (Å²) in [7, 11) is 0. The minimum absolute atomic E-state index is 0.117. The first-order chi connectivity index (χ1) is 7.75. The van der Waals surface area contributed by atoms with E-state index in [1.807, 2.05) is 37.3 Å². The molecule has 1 heterocycles. The van der Waals surface area contributed by atoms with E-state index in [1.54, 1.807) is 6.07 Å². The first-order valence-electron chi connectivity index (χ1n) is 5.01. The zero-order valence-corrected chi connectivity index (χ0v) is 9.75. The van der Waals surface area contributed by atoms with Gasteiger partial charge >= 0.3 is 0 Å². The van der Waals surface area contributed by atoms with E-state index in [9.17, 15) is 4.79 Å². The van der Waals surface area contributed by atoms with E-state index >= 15 is 0 Å². The fourth-order valence-corrected chi connectivity index (χ4v) is 1.88. The Hall–Kier alpha value is -1.68. The molecule has 1 N–H and O–H groups in total. The van der Waals surface area contributed by atoms with Crippen molar-refractivity contribution in [3.05, 3.63) is 52.5 Å². The summed E-state index contributed by atoms with van der Waals surface area (Å²) in [6, 6.07) is 11.6. The van der Waals surface area contributed by atoms with Gasteiger partial charge in [0, 0.05) is 11.4 Å². The van der Waals surface area contributed by atoms with Crippen LogP contribution in [0, 0.1) is 6.92 Å². The van der Waals surface area contributed by atoms with Crippen LogP contribution in [0.2, 0.25) is 0 Å². The molecule has 16 heavy (non-hydrogen) atoms. The minimum Gasteiger partial charge on any atom is -0.347 e. The topological polar surface area (TPSA) is 42.0 Å². The molecule has 0 aliphatic rings. The molecule has 4 heteroatoms. The van der Waals surface area contributed by atoms with Crippen molar-refractivity contribution in [1.29, 1.82) is 0 Å². The maximum atomic E-state index is 11.7. The predicted molar refractivity (Wildman–Crippen MR) is 64.5 cm³/mol. The summed E-state index contributed by atoms with van der Waals surface area (Å²) in [5, 5.41) is 2.83. The zero-order chi connectivity index (χ0) is 11.4. The smallest absolute Gasteiger partial charge is 0.271 e. The van der Waals surface area contributed by atoms with E-state index in [1.165, 1.54) is 11.5 Å². The molecule has 1 aromatic heterocycles. The quantitative estimate of drug-likeness (QED) is 0.882. The molecule has 0 radical (unpaired) electrons. The second-order valence-electron chi connectivity index (χ2n) is 3.49. The molecular weight excluding hydrogens is 220 g/mol. The Kier molecular flexibility index (Phi) is 3.31. The van der Waals surface area contributed by atoms with Crippen LogP contribution in [-0.4, -0.2) is 10.3 Å². The third kappa shape index (κ3) is 2.67. The van der Waals surface area contributed by atoms with Crippen molar-refractivity contribution in [3.8, 4) is 0 Å². The van der Waals surface area contributed by atoms with Crippen molar-refractivity contribution in [2.75, 3.05) is 0 Å². The van der Waals surface area contributed by atoms with Gasteiger partial charge in [0.25, 0.3) is 5.91 Å². The van der Waals surface area contributed by atoms with Crippen molar-refractivity contribution in [3.63, 3.8) is 0 Å². The number of amides is 1. The van der Waals surface area contributed by atoms with Crippen LogP contribution in [-0.2, 0) is 6.54 Å². The standard InChI is InChI=1S/C12H12N2OS/c1-9-7-11(14-16-9)12(15)13-8-10-5-3-2-4-6-10/h2-7H,8H2,1H3,(H,13,15). The highest BCUT2D eigenvalue weighted by atomic mass is 32.1. The Bertz CT molecular complexity index is 479. The number of aryl methyl sites for hydroxylation is 1. The number of hydrogen-bond donors (Lipinski definition) is 1. The van der Waals surface area contributed by atoms with Crippen molar-refractivity contribution < 1.29 is 4.79 Å². The largest absolute Gasteiger partial charge is 0.347 e. The van der Waals surface area contributed by atoms with Gasteiger partial charge in [0.15, 0.2) is 0 Å². The number of carbonyl (C=O) groups is 1. The molecule has 0 unspecified atom stereocenters.